The molecule has 0 unspecified atom stereocenters. The summed E-state index contributed by atoms with van der Waals surface area (Å²) in [5.41, 5.74) is 4.04. The van der Waals surface area contributed by atoms with Crippen LogP contribution in [-0.2, 0) is 6.42 Å². The van der Waals surface area contributed by atoms with Gasteiger partial charge in [0.05, 0.1) is 11.3 Å². The minimum atomic E-state index is -0.248. The van der Waals surface area contributed by atoms with E-state index in [9.17, 15) is 9.59 Å². The highest BCUT2D eigenvalue weighted by Crippen LogP contribution is 2.38. The zero-order chi connectivity index (χ0) is 23.5. The number of benzene rings is 1. The molecule has 5 rings (SSSR count). The van der Waals surface area contributed by atoms with Crippen LogP contribution in [0.25, 0.3) is 27.5 Å². The molecular formula is C25H22ClN3O3S. The highest BCUT2D eigenvalue weighted by atomic mass is 35.5. The molecule has 8 heteroatoms. The van der Waals surface area contributed by atoms with E-state index >= 15 is 0 Å². The van der Waals surface area contributed by atoms with Gasteiger partial charge in [-0.15, -0.1) is 11.3 Å². The number of carbonyl (C=O) groups excluding carboxylic acids is 1. The number of hydrogen-bond donors (Lipinski definition) is 0. The zero-order valence-corrected chi connectivity index (χ0v) is 20.3. The Labute approximate surface area is 199 Å². The van der Waals surface area contributed by atoms with Crippen LogP contribution in [0, 0.1) is 19.3 Å². The molecule has 33 heavy (non-hydrogen) atoms. The van der Waals surface area contributed by atoms with Gasteiger partial charge in [0, 0.05) is 33.6 Å². The van der Waals surface area contributed by atoms with Crippen molar-refractivity contribution in [3.8, 4) is 27.5 Å². The first-order valence-electron chi connectivity index (χ1n) is 10.6. The van der Waals surface area contributed by atoms with Crippen molar-refractivity contribution in [3.63, 3.8) is 0 Å². The summed E-state index contributed by atoms with van der Waals surface area (Å²) in [6, 6.07) is 9.11. The summed E-state index contributed by atoms with van der Waals surface area (Å²) in [5, 5.41) is 7.16. The van der Waals surface area contributed by atoms with Gasteiger partial charge in [-0.1, -0.05) is 42.7 Å². The van der Waals surface area contributed by atoms with Crippen LogP contribution in [0.15, 0.2) is 45.0 Å². The molecule has 4 aromatic rings. The Balaban J connectivity index is 1.75. The van der Waals surface area contributed by atoms with E-state index in [2.05, 4.69) is 5.16 Å². The Hall–Kier alpha value is -3.03. The summed E-state index contributed by atoms with van der Waals surface area (Å²) in [7, 11) is 0. The normalized spacial score (nSPS) is 15.0. The van der Waals surface area contributed by atoms with Crippen LogP contribution in [0.3, 0.4) is 0 Å². The van der Waals surface area contributed by atoms with Gasteiger partial charge < -0.3 is 4.52 Å². The third-order valence-electron chi connectivity index (χ3n) is 5.98. The van der Waals surface area contributed by atoms with E-state index in [1.807, 2.05) is 31.4 Å². The highest BCUT2D eigenvalue weighted by molar-refractivity contribution is 7.13. The van der Waals surface area contributed by atoms with Gasteiger partial charge in [0.25, 0.3) is 5.56 Å². The maximum absolute atomic E-state index is 13.9. The maximum Gasteiger partial charge on any atom is 0.265 e. The van der Waals surface area contributed by atoms with Gasteiger partial charge in [0.15, 0.2) is 11.5 Å². The average Bonchev–Trinajstić information content (AvgIpc) is 3.35. The predicted octanol–water partition coefficient (Wildman–Crippen LogP) is 6.04. The molecule has 0 atom stereocenters. The lowest BCUT2D eigenvalue weighted by Crippen LogP contribution is -2.35. The van der Waals surface area contributed by atoms with Gasteiger partial charge in [-0.25, -0.2) is 4.98 Å². The number of aryl methyl sites for hydroxylation is 2. The molecule has 3 aromatic heterocycles. The standard InChI is InChI=1S/C25H22ClN3O3S/c1-13-22(14(2)32-28-13)29-20-10-25(3,4)11-21(30)17(20)9-18(24(29)31)23-27-19(12-33-23)15-5-7-16(26)8-6-15/h5-9,12H,10-11H2,1-4H3. The number of rotatable bonds is 3. The van der Waals surface area contributed by atoms with Gasteiger partial charge in [-0.05, 0) is 43.9 Å². The Kier molecular flexibility index (Phi) is 5.14. The van der Waals surface area contributed by atoms with Crippen LogP contribution in [0.4, 0.5) is 0 Å². The molecule has 0 saturated heterocycles. The van der Waals surface area contributed by atoms with Crippen LogP contribution in [0.1, 0.15) is 47.8 Å². The molecular weight excluding hydrogens is 458 g/mol. The fourth-order valence-electron chi connectivity index (χ4n) is 4.45. The molecule has 0 spiro atoms. The summed E-state index contributed by atoms with van der Waals surface area (Å²) < 4.78 is 6.99. The summed E-state index contributed by atoms with van der Waals surface area (Å²) in [6.07, 6.45) is 1.02. The summed E-state index contributed by atoms with van der Waals surface area (Å²) in [4.78, 5) is 31.8. The van der Waals surface area contributed by atoms with E-state index in [0.29, 0.717) is 56.8 Å². The fourth-order valence-corrected chi connectivity index (χ4v) is 5.41. The van der Waals surface area contributed by atoms with E-state index in [1.165, 1.54) is 11.3 Å². The molecule has 0 amide bonds. The lowest BCUT2D eigenvalue weighted by molar-refractivity contribution is 0.0909. The van der Waals surface area contributed by atoms with E-state index in [4.69, 9.17) is 21.1 Å². The molecule has 0 radical (unpaired) electrons. The quantitative estimate of drug-likeness (QED) is 0.358. The number of halogens is 1. The third-order valence-corrected chi connectivity index (χ3v) is 7.11. The number of ketones is 1. The molecule has 6 nitrogen and oxygen atoms in total. The third kappa shape index (κ3) is 3.75. The highest BCUT2D eigenvalue weighted by Gasteiger charge is 2.35. The first-order chi connectivity index (χ1) is 15.6. The Bertz CT molecular complexity index is 1440. The average molecular weight is 480 g/mol. The van der Waals surface area contributed by atoms with Gasteiger partial charge >= 0.3 is 0 Å². The zero-order valence-electron chi connectivity index (χ0n) is 18.7. The van der Waals surface area contributed by atoms with Crippen molar-refractivity contribution >= 4 is 28.7 Å². The molecule has 0 aliphatic heterocycles. The molecule has 0 fully saturated rings. The molecule has 168 valence electrons. The first kappa shape index (κ1) is 21.8. The first-order valence-corrected chi connectivity index (χ1v) is 11.9. The second-order valence-corrected chi connectivity index (χ2v) is 10.5. The van der Waals surface area contributed by atoms with Crippen molar-refractivity contribution in [1.82, 2.24) is 14.7 Å². The monoisotopic (exact) mass is 479 g/mol. The Morgan fingerprint density at radius 3 is 2.48 bits per heavy atom. The number of hydrogen-bond acceptors (Lipinski definition) is 6. The summed E-state index contributed by atoms with van der Waals surface area (Å²) >= 11 is 7.38. The summed E-state index contributed by atoms with van der Waals surface area (Å²) in [5.74, 6) is 0.559. The number of aromatic nitrogens is 3. The molecule has 1 aliphatic carbocycles. The molecule has 0 saturated carbocycles. The minimum Gasteiger partial charge on any atom is -0.359 e. The molecule has 1 aromatic carbocycles. The lowest BCUT2D eigenvalue weighted by atomic mass is 9.75. The second-order valence-electron chi connectivity index (χ2n) is 9.22. The smallest absolute Gasteiger partial charge is 0.265 e. The van der Waals surface area contributed by atoms with E-state index in [0.717, 1.165) is 11.3 Å². The lowest BCUT2D eigenvalue weighted by Gasteiger charge is -2.32. The van der Waals surface area contributed by atoms with Crippen LogP contribution in [0.5, 0.6) is 0 Å². The SMILES string of the molecule is Cc1noc(C)c1-n1c2c(cc(-c3nc(-c4ccc(Cl)cc4)cs3)c1=O)C(=O)CC(C)(C)C2. The second kappa shape index (κ2) is 7.78. The number of nitrogens with zero attached hydrogens (tertiary/aromatic N) is 3. The fraction of sp³-hybridized carbons (Fsp3) is 0.280. The molecule has 0 bridgehead atoms. The number of carbonyl (C=O) groups is 1. The topological polar surface area (TPSA) is 78.0 Å². The van der Waals surface area contributed by atoms with Crippen LogP contribution < -0.4 is 5.56 Å². The van der Waals surface area contributed by atoms with E-state index in [1.54, 1.807) is 36.6 Å². The van der Waals surface area contributed by atoms with Crippen LogP contribution in [-0.4, -0.2) is 20.5 Å². The van der Waals surface area contributed by atoms with Gasteiger partial charge in [-0.2, -0.15) is 0 Å². The van der Waals surface area contributed by atoms with Crippen molar-refractivity contribution in [2.24, 2.45) is 5.41 Å². The number of fused-ring (bicyclic) bond motifs is 1. The molecule has 0 N–H and O–H groups in total. The largest absolute Gasteiger partial charge is 0.359 e. The van der Waals surface area contributed by atoms with Crippen molar-refractivity contribution < 1.29 is 9.32 Å². The molecule has 3 heterocycles. The minimum absolute atomic E-state index is 0.0255. The van der Waals surface area contributed by atoms with Gasteiger partial charge in [-0.3, -0.25) is 14.2 Å². The van der Waals surface area contributed by atoms with Crippen molar-refractivity contribution in [3.05, 3.63) is 73.8 Å². The number of Topliss-reactive ketones (excluding diaryl/α,β-unsaturated/α-hetero) is 1. The van der Waals surface area contributed by atoms with Gasteiger partial charge in [0.2, 0.25) is 0 Å². The maximum atomic E-state index is 13.9. The molecule has 1 aliphatic rings. The van der Waals surface area contributed by atoms with Gasteiger partial charge in [0.1, 0.15) is 16.4 Å². The predicted molar refractivity (Wildman–Crippen MR) is 130 cm³/mol. The van der Waals surface area contributed by atoms with Crippen molar-refractivity contribution in [2.75, 3.05) is 0 Å². The van der Waals surface area contributed by atoms with Crippen LogP contribution in [0.2, 0.25) is 5.02 Å². The number of thiazole rings is 1. The Morgan fingerprint density at radius 2 is 1.82 bits per heavy atom. The van der Waals surface area contributed by atoms with E-state index < -0.39 is 0 Å². The Morgan fingerprint density at radius 1 is 1.09 bits per heavy atom. The van der Waals surface area contributed by atoms with Crippen LogP contribution >= 0.6 is 22.9 Å². The van der Waals surface area contributed by atoms with E-state index in [-0.39, 0.29) is 16.8 Å². The summed E-state index contributed by atoms with van der Waals surface area (Å²) in [6.45, 7) is 7.67. The number of pyridine rings is 1. The van der Waals surface area contributed by atoms with Crippen molar-refractivity contribution in [1.29, 1.82) is 0 Å². The van der Waals surface area contributed by atoms with Crippen molar-refractivity contribution in [2.45, 2.75) is 40.5 Å².